The van der Waals surface area contributed by atoms with E-state index in [1.807, 2.05) is 0 Å². The topological polar surface area (TPSA) is 29.3 Å². The molecule has 0 aromatic rings. The fourth-order valence-corrected chi connectivity index (χ4v) is 2.75. The summed E-state index contributed by atoms with van der Waals surface area (Å²) in [7, 11) is 2.13. The van der Waals surface area contributed by atoms with Crippen LogP contribution in [0.3, 0.4) is 0 Å². The van der Waals surface area contributed by atoms with Crippen molar-refractivity contribution >= 4 is 12.6 Å². The molecule has 0 radical (unpaired) electrons. The molecule has 0 aromatic carbocycles. The molecular formula is C13H20N2S. The predicted octanol–water partition coefficient (Wildman–Crippen LogP) is 1.96. The van der Waals surface area contributed by atoms with E-state index in [2.05, 4.69) is 61.9 Å². The van der Waals surface area contributed by atoms with Crippen molar-refractivity contribution < 1.29 is 0 Å². The van der Waals surface area contributed by atoms with Crippen molar-refractivity contribution in [2.75, 3.05) is 7.05 Å². The molecule has 2 aliphatic rings. The zero-order valence-corrected chi connectivity index (χ0v) is 10.8. The van der Waals surface area contributed by atoms with Crippen LogP contribution in [0.2, 0.25) is 0 Å². The number of thiol groups is 1. The van der Waals surface area contributed by atoms with Gasteiger partial charge in [0.05, 0.1) is 0 Å². The van der Waals surface area contributed by atoms with Crippen molar-refractivity contribution in [2.45, 2.75) is 30.8 Å². The van der Waals surface area contributed by atoms with E-state index in [1.54, 1.807) is 0 Å². The molecule has 0 aliphatic heterocycles. The average Bonchev–Trinajstić information content (AvgIpc) is 2.27. The van der Waals surface area contributed by atoms with Gasteiger partial charge in [-0.25, -0.2) is 0 Å². The van der Waals surface area contributed by atoms with Gasteiger partial charge in [-0.1, -0.05) is 30.4 Å². The molecule has 2 rings (SSSR count). The van der Waals surface area contributed by atoms with E-state index in [4.69, 9.17) is 5.73 Å². The number of allylic oxidation sites excluding steroid dienone is 3. The summed E-state index contributed by atoms with van der Waals surface area (Å²) in [6.07, 6.45) is 11.8. The van der Waals surface area contributed by atoms with Crippen LogP contribution < -0.4 is 5.73 Å². The van der Waals surface area contributed by atoms with E-state index < -0.39 is 0 Å². The predicted molar refractivity (Wildman–Crippen MR) is 72.4 cm³/mol. The van der Waals surface area contributed by atoms with Gasteiger partial charge in [-0.05, 0) is 26.0 Å². The molecule has 0 saturated carbocycles. The molecule has 3 heteroatoms. The van der Waals surface area contributed by atoms with Gasteiger partial charge in [0, 0.05) is 23.4 Å². The summed E-state index contributed by atoms with van der Waals surface area (Å²) >= 11 is 4.51. The number of nitrogens with two attached hydrogens (primary N) is 1. The molecule has 0 bridgehead atoms. The van der Waals surface area contributed by atoms with Gasteiger partial charge in [0.2, 0.25) is 0 Å². The van der Waals surface area contributed by atoms with Crippen molar-refractivity contribution in [3.63, 3.8) is 0 Å². The Morgan fingerprint density at radius 1 is 1.56 bits per heavy atom. The van der Waals surface area contributed by atoms with Gasteiger partial charge in [0.1, 0.15) is 0 Å². The lowest BCUT2D eigenvalue weighted by molar-refractivity contribution is 0.176. The molecule has 16 heavy (non-hydrogen) atoms. The fourth-order valence-electron chi connectivity index (χ4n) is 2.58. The van der Waals surface area contributed by atoms with Crippen LogP contribution in [0.5, 0.6) is 0 Å². The van der Waals surface area contributed by atoms with Crippen LogP contribution in [0.4, 0.5) is 0 Å². The molecule has 2 N–H and O–H groups in total. The third-order valence-electron chi connectivity index (χ3n) is 3.64. The molecule has 0 amide bonds. The Morgan fingerprint density at radius 3 is 3.00 bits per heavy atom. The number of nitrogens with zero attached hydrogens (tertiary/aromatic N) is 1. The second-order valence-corrected chi connectivity index (χ2v) is 5.40. The first kappa shape index (κ1) is 12.0. The molecule has 0 saturated heterocycles. The van der Waals surface area contributed by atoms with Crippen molar-refractivity contribution in [1.29, 1.82) is 0 Å². The summed E-state index contributed by atoms with van der Waals surface area (Å²) in [5.41, 5.74) is 7.56. The second-order valence-electron chi connectivity index (χ2n) is 4.66. The highest BCUT2D eigenvalue weighted by Crippen LogP contribution is 2.33. The first-order chi connectivity index (χ1) is 7.61. The van der Waals surface area contributed by atoms with Crippen molar-refractivity contribution in [3.05, 3.63) is 36.0 Å². The highest BCUT2D eigenvalue weighted by molar-refractivity contribution is 7.80. The standard InChI is InChI=1S/C13H20N2S/c1-9(16)15(2)12-8-4-6-10-5-3-7-11(14)13(10)12/h3-7,9,11-13,16H,8,14H2,1-2H3. The Bertz CT molecular complexity index is 344. The van der Waals surface area contributed by atoms with Gasteiger partial charge in [0.15, 0.2) is 0 Å². The Kier molecular flexibility index (Phi) is 3.57. The van der Waals surface area contributed by atoms with E-state index in [1.165, 1.54) is 5.57 Å². The monoisotopic (exact) mass is 236 g/mol. The minimum absolute atomic E-state index is 0.129. The van der Waals surface area contributed by atoms with Gasteiger partial charge < -0.3 is 5.73 Å². The van der Waals surface area contributed by atoms with Gasteiger partial charge in [-0.3, -0.25) is 4.90 Å². The maximum atomic E-state index is 6.20. The lowest BCUT2D eigenvalue weighted by Crippen LogP contribution is -2.49. The van der Waals surface area contributed by atoms with Crippen LogP contribution in [-0.4, -0.2) is 29.4 Å². The van der Waals surface area contributed by atoms with Gasteiger partial charge in [-0.15, -0.1) is 0 Å². The maximum absolute atomic E-state index is 6.20. The van der Waals surface area contributed by atoms with Gasteiger partial charge in [0.25, 0.3) is 0 Å². The van der Waals surface area contributed by atoms with E-state index in [0.29, 0.717) is 12.0 Å². The highest BCUT2D eigenvalue weighted by Gasteiger charge is 2.34. The number of hydrogen-bond acceptors (Lipinski definition) is 3. The quantitative estimate of drug-likeness (QED) is 0.567. The summed E-state index contributed by atoms with van der Waals surface area (Å²) in [5, 5.41) is 0.260. The van der Waals surface area contributed by atoms with Crippen molar-refractivity contribution in [3.8, 4) is 0 Å². The molecule has 88 valence electrons. The number of hydrogen-bond donors (Lipinski definition) is 2. The molecule has 0 fully saturated rings. The fraction of sp³-hybridized carbons (Fsp3) is 0.538. The zero-order chi connectivity index (χ0) is 11.7. The second kappa shape index (κ2) is 4.78. The van der Waals surface area contributed by atoms with E-state index in [9.17, 15) is 0 Å². The highest BCUT2D eigenvalue weighted by atomic mass is 32.1. The average molecular weight is 236 g/mol. The zero-order valence-electron chi connectivity index (χ0n) is 9.88. The lowest BCUT2D eigenvalue weighted by atomic mass is 9.77. The van der Waals surface area contributed by atoms with Crippen LogP contribution >= 0.6 is 12.6 Å². The minimum Gasteiger partial charge on any atom is -0.324 e. The lowest BCUT2D eigenvalue weighted by Gasteiger charge is -2.41. The largest absolute Gasteiger partial charge is 0.324 e. The van der Waals surface area contributed by atoms with Crippen molar-refractivity contribution in [1.82, 2.24) is 4.90 Å². The summed E-state index contributed by atoms with van der Waals surface area (Å²) in [6, 6.07) is 0.591. The molecular weight excluding hydrogens is 216 g/mol. The summed E-state index contributed by atoms with van der Waals surface area (Å²) in [6.45, 7) is 2.11. The molecule has 0 aromatic heterocycles. The van der Waals surface area contributed by atoms with Gasteiger partial charge >= 0.3 is 0 Å². The normalized spacial score (nSPS) is 34.8. The smallest absolute Gasteiger partial charge is 0.0499 e. The minimum atomic E-state index is 0.129. The van der Waals surface area contributed by atoms with E-state index in [0.717, 1.165) is 6.42 Å². The van der Waals surface area contributed by atoms with Crippen LogP contribution in [0.25, 0.3) is 0 Å². The summed E-state index contributed by atoms with van der Waals surface area (Å²) in [5.74, 6) is 0.412. The summed E-state index contributed by atoms with van der Waals surface area (Å²) < 4.78 is 0. The Labute approximate surface area is 103 Å². The Morgan fingerprint density at radius 2 is 2.31 bits per heavy atom. The molecule has 2 nitrogen and oxygen atoms in total. The molecule has 0 heterocycles. The maximum Gasteiger partial charge on any atom is 0.0499 e. The first-order valence-electron chi connectivity index (χ1n) is 5.82. The van der Waals surface area contributed by atoms with Crippen LogP contribution in [0, 0.1) is 5.92 Å². The van der Waals surface area contributed by atoms with E-state index in [-0.39, 0.29) is 11.4 Å². The van der Waals surface area contributed by atoms with E-state index >= 15 is 0 Å². The number of fused-ring (bicyclic) bond motifs is 1. The molecule has 2 aliphatic carbocycles. The van der Waals surface area contributed by atoms with Crippen LogP contribution in [-0.2, 0) is 0 Å². The Balaban J connectivity index is 2.25. The third-order valence-corrected chi connectivity index (χ3v) is 4.00. The SMILES string of the molecule is CC(S)N(C)C1CC=CC2=CC=CC(N)C21. The molecule has 4 unspecified atom stereocenters. The van der Waals surface area contributed by atoms with Crippen LogP contribution in [0.15, 0.2) is 36.0 Å². The first-order valence-corrected chi connectivity index (χ1v) is 6.33. The Hall–Kier alpha value is -0.510. The third kappa shape index (κ3) is 2.12. The molecule has 0 spiro atoms. The number of rotatable bonds is 2. The van der Waals surface area contributed by atoms with Crippen molar-refractivity contribution in [2.24, 2.45) is 11.7 Å². The summed E-state index contributed by atoms with van der Waals surface area (Å²) in [4.78, 5) is 2.31. The van der Waals surface area contributed by atoms with Crippen LogP contribution in [0.1, 0.15) is 13.3 Å². The molecule has 4 atom stereocenters. The van der Waals surface area contributed by atoms with Gasteiger partial charge in [-0.2, -0.15) is 12.6 Å².